The Kier molecular flexibility index (Phi) is 3.71. The molecule has 90 valence electrons. The highest BCUT2D eigenvalue weighted by atomic mass is 35.5. The van der Waals surface area contributed by atoms with Crippen LogP contribution in [0.15, 0.2) is 30.5 Å². The second-order valence-corrected chi connectivity index (χ2v) is 4.57. The summed E-state index contributed by atoms with van der Waals surface area (Å²) in [6.07, 6.45) is 1.76. The lowest BCUT2D eigenvalue weighted by Gasteiger charge is -2.07. The van der Waals surface area contributed by atoms with Crippen LogP contribution in [-0.2, 0) is 6.42 Å². The number of nitrogen functional groups attached to an aromatic ring is 1. The lowest BCUT2D eigenvalue weighted by Crippen LogP contribution is -1.96. The molecular formula is C13H9Cl2N3. The summed E-state index contributed by atoms with van der Waals surface area (Å²) in [5.41, 5.74) is 8.36. The molecule has 0 saturated heterocycles. The number of rotatable bonds is 2. The van der Waals surface area contributed by atoms with Gasteiger partial charge in [0.2, 0.25) is 0 Å². The smallest absolute Gasteiger partial charge is 0.0722 e. The summed E-state index contributed by atoms with van der Waals surface area (Å²) in [6, 6.07) is 8.98. The zero-order valence-corrected chi connectivity index (χ0v) is 10.8. The van der Waals surface area contributed by atoms with Crippen molar-refractivity contribution in [2.24, 2.45) is 0 Å². The van der Waals surface area contributed by atoms with Crippen molar-refractivity contribution < 1.29 is 0 Å². The van der Waals surface area contributed by atoms with Crippen molar-refractivity contribution in [3.8, 4) is 17.3 Å². The average molecular weight is 278 g/mol. The lowest BCUT2D eigenvalue weighted by atomic mass is 10.1. The van der Waals surface area contributed by atoms with Crippen LogP contribution < -0.4 is 5.73 Å². The van der Waals surface area contributed by atoms with Crippen molar-refractivity contribution in [2.45, 2.75) is 6.42 Å². The first-order valence-corrected chi connectivity index (χ1v) is 5.94. The van der Waals surface area contributed by atoms with Crippen molar-refractivity contribution in [1.82, 2.24) is 4.98 Å². The molecule has 5 heteroatoms. The second-order valence-electron chi connectivity index (χ2n) is 3.73. The number of aromatic nitrogens is 1. The molecule has 0 aliphatic heterocycles. The van der Waals surface area contributed by atoms with E-state index in [2.05, 4.69) is 11.1 Å². The second kappa shape index (κ2) is 5.26. The number of hydrogen-bond donors (Lipinski definition) is 1. The third-order valence-corrected chi connectivity index (χ3v) is 3.06. The first-order chi connectivity index (χ1) is 8.61. The predicted molar refractivity (Wildman–Crippen MR) is 73.4 cm³/mol. The quantitative estimate of drug-likeness (QED) is 0.910. The molecule has 2 rings (SSSR count). The van der Waals surface area contributed by atoms with Crippen molar-refractivity contribution in [2.75, 3.05) is 5.73 Å². The topological polar surface area (TPSA) is 62.7 Å². The van der Waals surface area contributed by atoms with Gasteiger partial charge < -0.3 is 5.73 Å². The van der Waals surface area contributed by atoms with E-state index in [1.807, 2.05) is 0 Å². The summed E-state index contributed by atoms with van der Waals surface area (Å²) in [5, 5.41) is 9.86. The number of hydrogen-bond acceptors (Lipinski definition) is 3. The Bertz CT molecular complexity index is 633. The highest BCUT2D eigenvalue weighted by Gasteiger charge is 2.08. The Morgan fingerprint density at radius 2 is 2.06 bits per heavy atom. The molecule has 0 saturated carbocycles. The minimum absolute atomic E-state index is 0.236. The molecule has 2 N–H and O–H groups in total. The van der Waals surface area contributed by atoms with Crippen molar-refractivity contribution >= 4 is 28.9 Å². The number of benzene rings is 1. The number of anilines is 1. The highest BCUT2D eigenvalue weighted by molar-refractivity contribution is 6.35. The lowest BCUT2D eigenvalue weighted by molar-refractivity contribution is 1.22. The van der Waals surface area contributed by atoms with Crippen LogP contribution in [0.1, 0.15) is 5.56 Å². The Balaban J connectivity index is 2.54. The molecule has 0 radical (unpaired) electrons. The summed E-state index contributed by atoms with van der Waals surface area (Å²) in [4.78, 5) is 4.22. The van der Waals surface area contributed by atoms with Gasteiger partial charge in [-0.3, -0.25) is 4.98 Å². The molecule has 0 aliphatic rings. The van der Waals surface area contributed by atoms with Gasteiger partial charge in [0.1, 0.15) is 0 Å². The standard InChI is InChI=1S/C13H9Cl2N3/c14-9-1-2-11(15)10(6-9)13-5-8(3-4-16)12(17)7-18-13/h1-2,5-7H,3,17H2. The van der Waals surface area contributed by atoms with E-state index in [9.17, 15) is 0 Å². The summed E-state index contributed by atoms with van der Waals surface area (Å²) in [7, 11) is 0. The monoisotopic (exact) mass is 277 g/mol. The SMILES string of the molecule is N#CCc1cc(-c2cc(Cl)ccc2Cl)ncc1N. The molecule has 1 aromatic heterocycles. The molecular weight excluding hydrogens is 269 g/mol. The van der Waals surface area contributed by atoms with E-state index in [0.29, 0.717) is 21.4 Å². The van der Waals surface area contributed by atoms with Gasteiger partial charge in [-0.25, -0.2) is 0 Å². The molecule has 0 aliphatic carbocycles. The Morgan fingerprint density at radius 1 is 1.28 bits per heavy atom. The Labute approximate surface area is 115 Å². The number of nitriles is 1. The van der Waals surface area contributed by atoms with Gasteiger partial charge in [-0.15, -0.1) is 0 Å². The molecule has 0 amide bonds. The van der Waals surface area contributed by atoms with E-state index in [1.54, 1.807) is 24.3 Å². The average Bonchev–Trinajstić information content (AvgIpc) is 2.35. The molecule has 0 atom stereocenters. The Morgan fingerprint density at radius 3 is 2.78 bits per heavy atom. The zero-order chi connectivity index (χ0) is 13.1. The molecule has 0 unspecified atom stereocenters. The predicted octanol–water partition coefficient (Wildman–Crippen LogP) is 3.70. The van der Waals surface area contributed by atoms with Gasteiger partial charge in [-0.2, -0.15) is 5.26 Å². The normalized spacial score (nSPS) is 10.1. The molecule has 3 nitrogen and oxygen atoms in total. The number of nitrogens with zero attached hydrogens (tertiary/aromatic N) is 2. The molecule has 18 heavy (non-hydrogen) atoms. The van der Waals surface area contributed by atoms with E-state index in [1.165, 1.54) is 6.20 Å². The van der Waals surface area contributed by atoms with Crippen LogP contribution in [0.5, 0.6) is 0 Å². The fourth-order valence-electron chi connectivity index (χ4n) is 1.59. The summed E-state index contributed by atoms with van der Waals surface area (Å²) in [6.45, 7) is 0. The van der Waals surface area contributed by atoms with Crippen LogP contribution in [0.3, 0.4) is 0 Å². The van der Waals surface area contributed by atoms with Gasteiger partial charge >= 0.3 is 0 Å². The van der Waals surface area contributed by atoms with E-state index >= 15 is 0 Å². The van der Waals surface area contributed by atoms with Crippen LogP contribution in [0, 0.1) is 11.3 Å². The molecule has 0 fully saturated rings. The van der Waals surface area contributed by atoms with E-state index in [-0.39, 0.29) is 6.42 Å². The van der Waals surface area contributed by atoms with Crippen LogP contribution in [0.2, 0.25) is 10.0 Å². The maximum Gasteiger partial charge on any atom is 0.0722 e. The van der Waals surface area contributed by atoms with Gasteiger partial charge in [0.15, 0.2) is 0 Å². The molecule has 0 spiro atoms. The van der Waals surface area contributed by atoms with E-state index < -0.39 is 0 Å². The first-order valence-electron chi connectivity index (χ1n) is 5.18. The first kappa shape index (κ1) is 12.7. The van der Waals surface area contributed by atoms with Crippen LogP contribution in [-0.4, -0.2) is 4.98 Å². The van der Waals surface area contributed by atoms with Crippen LogP contribution in [0.25, 0.3) is 11.3 Å². The summed E-state index contributed by atoms with van der Waals surface area (Å²) in [5.74, 6) is 0. The van der Waals surface area contributed by atoms with Gasteiger partial charge in [0.05, 0.1) is 35.1 Å². The Hall–Kier alpha value is -1.76. The van der Waals surface area contributed by atoms with E-state index in [4.69, 9.17) is 34.2 Å². The molecule has 1 heterocycles. The summed E-state index contributed by atoms with van der Waals surface area (Å²) < 4.78 is 0. The maximum absolute atomic E-state index is 8.73. The van der Waals surface area contributed by atoms with Crippen molar-refractivity contribution in [3.05, 3.63) is 46.1 Å². The number of halogens is 2. The van der Waals surface area contributed by atoms with Gasteiger partial charge in [0.25, 0.3) is 0 Å². The van der Waals surface area contributed by atoms with E-state index in [0.717, 1.165) is 11.1 Å². The van der Waals surface area contributed by atoms with Gasteiger partial charge in [0, 0.05) is 10.6 Å². The zero-order valence-electron chi connectivity index (χ0n) is 9.32. The fraction of sp³-hybridized carbons (Fsp3) is 0.0769. The van der Waals surface area contributed by atoms with Crippen molar-refractivity contribution in [1.29, 1.82) is 5.26 Å². The highest BCUT2D eigenvalue weighted by Crippen LogP contribution is 2.30. The van der Waals surface area contributed by atoms with Gasteiger partial charge in [-0.1, -0.05) is 23.2 Å². The number of pyridine rings is 1. The summed E-state index contributed by atoms with van der Waals surface area (Å²) >= 11 is 12.0. The number of nitrogens with two attached hydrogens (primary N) is 1. The van der Waals surface area contributed by atoms with Crippen LogP contribution in [0.4, 0.5) is 5.69 Å². The maximum atomic E-state index is 8.73. The molecule has 0 bridgehead atoms. The minimum Gasteiger partial charge on any atom is -0.397 e. The minimum atomic E-state index is 0.236. The van der Waals surface area contributed by atoms with Crippen molar-refractivity contribution in [3.63, 3.8) is 0 Å². The van der Waals surface area contributed by atoms with Gasteiger partial charge in [-0.05, 0) is 29.8 Å². The molecule has 2 aromatic rings. The largest absolute Gasteiger partial charge is 0.397 e. The third kappa shape index (κ3) is 2.56. The fourth-order valence-corrected chi connectivity index (χ4v) is 1.97. The third-order valence-electron chi connectivity index (χ3n) is 2.50. The molecule has 1 aromatic carbocycles. The van der Waals surface area contributed by atoms with Crippen LogP contribution >= 0.6 is 23.2 Å².